The summed E-state index contributed by atoms with van der Waals surface area (Å²) in [6, 6.07) is 9.81. The first-order valence-corrected chi connectivity index (χ1v) is 8.56. The number of aromatic amines is 1. The lowest BCUT2D eigenvalue weighted by Gasteiger charge is -2.07. The molecule has 0 unspecified atom stereocenters. The molecule has 0 atom stereocenters. The van der Waals surface area contributed by atoms with Gasteiger partial charge in [-0.15, -0.1) is 0 Å². The summed E-state index contributed by atoms with van der Waals surface area (Å²) in [5.74, 6) is -0.162. The molecule has 5 heteroatoms. The zero-order chi connectivity index (χ0) is 18.0. The van der Waals surface area contributed by atoms with Gasteiger partial charge in [0.1, 0.15) is 0 Å². The minimum absolute atomic E-state index is 0.147. The number of hydrogen-bond donors (Lipinski definition) is 2. The molecule has 0 aliphatic carbocycles. The van der Waals surface area contributed by atoms with Crippen molar-refractivity contribution >= 4 is 16.8 Å². The molecule has 0 fully saturated rings. The van der Waals surface area contributed by atoms with Gasteiger partial charge >= 0.3 is 0 Å². The SMILES string of the molecule is CCCn1cc(C(=O)NCc2c(C)cc(C)[nH]c2=O)c2ccccc21. The van der Waals surface area contributed by atoms with Crippen LogP contribution in [0.15, 0.2) is 41.3 Å². The molecule has 0 saturated heterocycles. The van der Waals surface area contributed by atoms with Crippen LogP contribution in [-0.2, 0) is 13.1 Å². The Morgan fingerprint density at radius 2 is 2.00 bits per heavy atom. The third-order valence-corrected chi connectivity index (χ3v) is 4.42. The monoisotopic (exact) mass is 337 g/mol. The Morgan fingerprint density at radius 1 is 1.24 bits per heavy atom. The normalized spacial score (nSPS) is 11.0. The van der Waals surface area contributed by atoms with Gasteiger partial charge in [0.15, 0.2) is 0 Å². The van der Waals surface area contributed by atoms with Crippen molar-refractivity contribution in [2.75, 3.05) is 0 Å². The van der Waals surface area contributed by atoms with Crippen molar-refractivity contribution in [3.8, 4) is 0 Å². The van der Waals surface area contributed by atoms with Crippen LogP contribution in [0.5, 0.6) is 0 Å². The number of hydrogen-bond acceptors (Lipinski definition) is 2. The van der Waals surface area contributed by atoms with E-state index in [1.807, 2.05) is 50.4 Å². The lowest BCUT2D eigenvalue weighted by Crippen LogP contribution is -2.27. The minimum atomic E-state index is -0.162. The zero-order valence-electron chi connectivity index (χ0n) is 14.8. The summed E-state index contributed by atoms with van der Waals surface area (Å²) < 4.78 is 2.11. The number of benzene rings is 1. The van der Waals surface area contributed by atoms with E-state index in [9.17, 15) is 9.59 Å². The smallest absolute Gasteiger partial charge is 0.253 e. The predicted molar refractivity (Wildman–Crippen MR) is 99.9 cm³/mol. The van der Waals surface area contributed by atoms with Crippen molar-refractivity contribution in [2.24, 2.45) is 0 Å². The maximum atomic E-state index is 12.7. The van der Waals surface area contributed by atoms with E-state index >= 15 is 0 Å². The molecule has 0 spiro atoms. The van der Waals surface area contributed by atoms with Gasteiger partial charge in [-0.1, -0.05) is 25.1 Å². The molecule has 130 valence electrons. The summed E-state index contributed by atoms with van der Waals surface area (Å²) in [7, 11) is 0. The van der Waals surface area contributed by atoms with Gasteiger partial charge < -0.3 is 14.9 Å². The number of H-pyrrole nitrogens is 1. The van der Waals surface area contributed by atoms with Crippen LogP contribution in [-0.4, -0.2) is 15.5 Å². The second kappa shape index (κ2) is 6.97. The van der Waals surface area contributed by atoms with E-state index in [0.29, 0.717) is 11.1 Å². The minimum Gasteiger partial charge on any atom is -0.348 e. The molecule has 0 radical (unpaired) electrons. The fourth-order valence-corrected chi connectivity index (χ4v) is 3.22. The number of nitrogens with one attached hydrogen (secondary N) is 2. The number of carbonyl (C=O) groups is 1. The van der Waals surface area contributed by atoms with Crippen LogP contribution in [0.1, 0.15) is 40.5 Å². The molecular weight excluding hydrogens is 314 g/mol. The summed E-state index contributed by atoms with van der Waals surface area (Å²) in [6.45, 7) is 6.93. The summed E-state index contributed by atoms with van der Waals surface area (Å²) in [5.41, 5.74) is 3.85. The van der Waals surface area contributed by atoms with Crippen molar-refractivity contribution in [2.45, 2.75) is 40.3 Å². The molecule has 1 amide bonds. The fourth-order valence-electron chi connectivity index (χ4n) is 3.22. The lowest BCUT2D eigenvalue weighted by atomic mass is 10.1. The first-order chi connectivity index (χ1) is 12.0. The van der Waals surface area contributed by atoms with E-state index in [4.69, 9.17) is 0 Å². The lowest BCUT2D eigenvalue weighted by molar-refractivity contribution is 0.0952. The van der Waals surface area contributed by atoms with Gasteiger partial charge in [0.25, 0.3) is 11.5 Å². The van der Waals surface area contributed by atoms with E-state index in [1.165, 1.54) is 0 Å². The van der Waals surface area contributed by atoms with Crippen molar-refractivity contribution in [3.05, 3.63) is 69.3 Å². The van der Waals surface area contributed by atoms with Gasteiger partial charge in [-0.3, -0.25) is 9.59 Å². The van der Waals surface area contributed by atoms with Crippen LogP contribution in [0.4, 0.5) is 0 Å². The van der Waals surface area contributed by atoms with Gasteiger partial charge in [-0.2, -0.15) is 0 Å². The maximum Gasteiger partial charge on any atom is 0.253 e. The first-order valence-electron chi connectivity index (χ1n) is 8.56. The van der Waals surface area contributed by atoms with Crippen molar-refractivity contribution in [1.82, 2.24) is 14.9 Å². The Kier molecular flexibility index (Phi) is 4.74. The number of fused-ring (bicyclic) bond motifs is 1. The molecule has 1 aromatic carbocycles. The third-order valence-electron chi connectivity index (χ3n) is 4.42. The standard InChI is InChI=1S/C20H23N3O2/c1-4-9-23-12-17(15-7-5-6-8-18(15)23)19(24)21-11-16-13(2)10-14(3)22-20(16)25/h5-8,10,12H,4,9,11H2,1-3H3,(H,21,24)(H,22,25). The van der Waals surface area contributed by atoms with E-state index in [1.54, 1.807) is 0 Å². The van der Waals surface area contributed by atoms with Gasteiger partial charge in [0, 0.05) is 41.4 Å². The molecule has 5 nitrogen and oxygen atoms in total. The maximum absolute atomic E-state index is 12.7. The van der Waals surface area contributed by atoms with E-state index in [0.717, 1.165) is 35.1 Å². The molecule has 0 saturated carbocycles. The van der Waals surface area contributed by atoms with E-state index in [2.05, 4.69) is 21.8 Å². The average molecular weight is 337 g/mol. The second-order valence-electron chi connectivity index (χ2n) is 6.38. The number of rotatable bonds is 5. The van der Waals surface area contributed by atoms with E-state index < -0.39 is 0 Å². The molecule has 0 aliphatic heterocycles. The average Bonchev–Trinajstić information content (AvgIpc) is 2.93. The first kappa shape index (κ1) is 17.0. The number of pyridine rings is 1. The summed E-state index contributed by atoms with van der Waals surface area (Å²) >= 11 is 0. The van der Waals surface area contributed by atoms with Gasteiger partial charge in [-0.05, 0) is 38.0 Å². The predicted octanol–water partition coefficient (Wildman–Crippen LogP) is 3.29. The number of aromatic nitrogens is 2. The molecule has 3 aromatic rings. The highest BCUT2D eigenvalue weighted by atomic mass is 16.1. The number of carbonyl (C=O) groups excluding carboxylic acids is 1. The van der Waals surface area contributed by atoms with Crippen LogP contribution in [0.2, 0.25) is 0 Å². The van der Waals surface area contributed by atoms with Crippen LogP contribution in [0, 0.1) is 13.8 Å². The number of nitrogens with zero attached hydrogens (tertiary/aromatic N) is 1. The highest BCUT2D eigenvalue weighted by molar-refractivity contribution is 6.06. The van der Waals surface area contributed by atoms with Crippen LogP contribution >= 0.6 is 0 Å². The molecule has 2 heterocycles. The number of para-hydroxylation sites is 1. The third kappa shape index (κ3) is 3.36. The Labute approximate surface area is 146 Å². The highest BCUT2D eigenvalue weighted by Crippen LogP contribution is 2.21. The number of aryl methyl sites for hydroxylation is 3. The molecule has 0 aliphatic rings. The Bertz CT molecular complexity index is 982. The van der Waals surface area contributed by atoms with Crippen molar-refractivity contribution < 1.29 is 4.79 Å². The van der Waals surface area contributed by atoms with Gasteiger partial charge in [0.05, 0.1) is 5.56 Å². The molecule has 25 heavy (non-hydrogen) atoms. The van der Waals surface area contributed by atoms with E-state index in [-0.39, 0.29) is 18.0 Å². The zero-order valence-corrected chi connectivity index (χ0v) is 14.8. The second-order valence-corrected chi connectivity index (χ2v) is 6.38. The van der Waals surface area contributed by atoms with Crippen LogP contribution in [0.25, 0.3) is 10.9 Å². The van der Waals surface area contributed by atoms with Gasteiger partial charge in [-0.25, -0.2) is 0 Å². The summed E-state index contributed by atoms with van der Waals surface area (Å²) in [6.07, 6.45) is 2.90. The fraction of sp³-hybridized carbons (Fsp3) is 0.300. The van der Waals surface area contributed by atoms with Gasteiger partial charge in [0.2, 0.25) is 0 Å². The molecule has 2 aromatic heterocycles. The Hall–Kier alpha value is -2.82. The molecule has 0 bridgehead atoms. The topological polar surface area (TPSA) is 66.9 Å². The van der Waals surface area contributed by atoms with Crippen molar-refractivity contribution in [1.29, 1.82) is 0 Å². The molecule has 2 N–H and O–H groups in total. The van der Waals surface area contributed by atoms with Crippen LogP contribution < -0.4 is 10.9 Å². The Morgan fingerprint density at radius 3 is 2.72 bits per heavy atom. The highest BCUT2D eigenvalue weighted by Gasteiger charge is 2.15. The number of amides is 1. The molecular formula is C20H23N3O2. The molecule has 3 rings (SSSR count). The quantitative estimate of drug-likeness (QED) is 0.750. The van der Waals surface area contributed by atoms with Crippen molar-refractivity contribution in [3.63, 3.8) is 0 Å². The summed E-state index contributed by atoms with van der Waals surface area (Å²) in [4.78, 5) is 27.6. The van der Waals surface area contributed by atoms with Crippen LogP contribution in [0.3, 0.4) is 0 Å². The summed E-state index contributed by atoms with van der Waals surface area (Å²) in [5, 5.41) is 3.83. The largest absolute Gasteiger partial charge is 0.348 e. The Balaban J connectivity index is 1.87.